The molecule has 2 N–H and O–H groups in total. The third kappa shape index (κ3) is 2.93. The molecular formula is C13H20N4O2S. The van der Waals surface area contributed by atoms with Gasteiger partial charge in [-0.1, -0.05) is 0 Å². The van der Waals surface area contributed by atoms with Crippen molar-refractivity contribution in [2.75, 3.05) is 6.54 Å². The van der Waals surface area contributed by atoms with E-state index in [4.69, 9.17) is 17.0 Å². The van der Waals surface area contributed by atoms with Crippen molar-refractivity contribution in [1.82, 2.24) is 20.1 Å². The van der Waals surface area contributed by atoms with Crippen molar-refractivity contribution in [3.8, 4) is 0 Å². The Bertz CT molecular complexity index is 549. The largest absolute Gasteiger partial charge is 0.365 e. The third-order valence-corrected chi connectivity index (χ3v) is 4.15. The van der Waals surface area contributed by atoms with Crippen LogP contribution in [0, 0.1) is 4.77 Å². The number of carbonyl (C=O) groups is 1. The summed E-state index contributed by atoms with van der Waals surface area (Å²) in [6.45, 7) is 2.57. The first kappa shape index (κ1) is 13.8. The number of nitrogens with one attached hydrogen (secondary N) is 2. The first-order valence-corrected chi connectivity index (χ1v) is 7.65. The van der Waals surface area contributed by atoms with E-state index in [1.165, 1.54) is 12.8 Å². The number of hydrogen-bond acceptors (Lipinski definition) is 4. The smallest absolute Gasteiger partial charge is 0.249 e. The van der Waals surface area contributed by atoms with Crippen LogP contribution in [0.15, 0.2) is 0 Å². The Kier molecular flexibility index (Phi) is 3.89. The number of aromatic amines is 1. The van der Waals surface area contributed by atoms with Gasteiger partial charge in [-0.05, 0) is 44.8 Å². The van der Waals surface area contributed by atoms with Crippen LogP contribution in [0.5, 0.6) is 0 Å². The molecule has 1 aliphatic heterocycles. The van der Waals surface area contributed by atoms with Gasteiger partial charge >= 0.3 is 0 Å². The maximum atomic E-state index is 11.9. The number of rotatable bonds is 5. The fraction of sp³-hybridized carbons (Fsp3) is 0.769. The maximum Gasteiger partial charge on any atom is 0.249 e. The van der Waals surface area contributed by atoms with Crippen LogP contribution >= 0.6 is 12.2 Å². The minimum Gasteiger partial charge on any atom is -0.365 e. The van der Waals surface area contributed by atoms with Gasteiger partial charge in [0.05, 0.1) is 6.10 Å². The number of amides is 1. The van der Waals surface area contributed by atoms with Crippen molar-refractivity contribution in [2.24, 2.45) is 0 Å². The number of hydrogen-bond donors (Lipinski definition) is 2. The van der Waals surface area contributed by atoms with Crippen LogP contribution in [0.2, 0.25) is 0 Å². The van der Waals surface area contributed by atoms with Crippen molar-refractivity contribution in [3.05, 3.63) is 10.6 Å². The number of H-pyrrole nitrogens is 1. The molecule has 6 nitrogen and oxygen atoms in total. The molecule has 1 amide bonds. The van der Waals surface area contributed by atoms with Crippen molar-refractivity contribution in [3.63, 3.8) is 0 Å². The van der Waals surface area contributed by atoms with Gasteiger partial charge in [0, 0.05) is 19.0 Å². The predicted molar refractivity (Wildman–Crippen MR) is 76.0 cm³/mol. The highest BCUT2D eigenvalue weighted by atomic mass is 32.1. The van der Waals surface area contributed by atoms with Gasteiger partial charge < -0.3 is 14.6 Å². The number of nitrogens with zero attached hydrogens (tertiary/aromatic N) is 2. The summed E-state index contributed by atoms with van der Waals surface area (Å²) in [6, 6.07) is 0.506. The van der Waals surface area contributed by atoms with Gasteiger partial charge in [0.2, 0.25) is 5.91 Å². The first-order valence-electron chi connectivity index (χ1n) is 7.24. The molecule has 20 heavy (non-hydrogen) atoms. The summed E-state index contributed by atoms with van der Waals surface area (Å²) in [7, 11) is 0. The molecule has 0 bridgehead atoms. The normalized spacial score (nSPS) is 25.9. The summed E-state index contributed by atoms with van der Waals surface area (Å²) in [5.74, 6) is 0.917. The average Bonchev–Trinajstić information content (AvgIpc) is 3.05. The Labute approximate surface area is 122 Å². The lowest BCUT2D eigenvalue weighted by molar-refractivity contribution is -0.131. The van der Waals surface area contributed by atoms with E-state index in [9.17, 15) is 4.79 Å². The van der Waals surface area contributed by atoms with Gasteiger partial charge in [-0.25, -0.2) is 0 Å². The molecule has 110 valence electrons. The van der Waals surface area contributed by atoms with Crippen LogP contribution in [-0.2, 0) is 16.0 Å². The van der Waals surface area contributed by atoms with E-state index in [1.807, 2.05) is 6.92 Å². The van der Waals surface area contributed by atoms with Crippen LogP contribution in [0.25, 0.3) is 0 Å². The fourth-order valence-electron chi connectivity index (χ4n) is 2.63. The highest BCUT2D eigenvalue weighted by molar-refractivity contribution is 7.71. The van der Waals surface area contributed by atoms with Crippen LogP contribution in [0.1, 0.15) is 44.5 Å². The molecule has 0 radical (unpaired) electrons. The Morgan fingerprint density at radius 2 is 2.30 bits per heavy atom. The molecular weight excluding hydrogens is 276 g/mol. The second-order valence-corrected chi connectivity index (χ2v) is 5.99. The minimum absolute atomic E-state index is 0.0125. The molecule has 1 saturated heterocycles. The number of carbonyl (C=O) groups excluding carboxylic acids is 1. The summed E-state index contributed by atoms with van der Waals surface area (Å²) in [5.41, 5.74) is 0. The van der Waals surface area contributed by atoms with Gasteiger partial charge in [-0.2, -0.15) is 5.10 Å². The highest BCUT2D eigenvalue weighted by Crippen LogP contribution is 2.35. The van der Waals surface area contributed by atoms with Gasteiger partial charge in [0.15, 0.2) is 4.77 Å². The zero-order valence-corrected chi connectivity index (χ0v) is 12.4. The lowest BCUT2D eigenvalue weighted by Gasteiger charge is -2.11. The molecule has 2 aliphatic rings. The van der Waals surface area contributed by atoms with Crippen LogP contribution in [-0.4, -0.2) is 39.4 Å². The molecule has 1 aliphatic carbocycles. The summed E-state index contributed by atoms with van der Waals surface area (Å²) in [6.07, 6.45) is 4.71. The highest BCUT2D eigenvalue weighted by Gasteiger charge is 2.29. The second-order valence-electron chi connectivity index (χ2n) is 5.60. The molecule has 0 aromatic carbocycles. The molecule has 0 spiro atoms. The number of aromatic nitrogens is 3. The zero-order chi connectivity index (χ0) is 14.1. The van der Waals surface area contributed by atoms with Gasteiger partial charge in [0.1, 0.15) is 11.9 Å². The zero-order valence-electron chi connectivity index (χ0n) is 11.6. The molecule has 2 heterocycles. The topological polar surface area (TPSA) is 71.9 Å². The van der Waals surface area contributed by atoms with Gasteiger partial charge in [-0.3, -0.25) is 9.89 Å². The van der Waals surface area contributed by atoms with Crippen LogP contribution in [0.3, 0.4) is 0 Å². The SMILES string of the molecule is C[C@H]1CC[C@H](C(=O)NCCc2n[nH]c(=S)n2C2CC2)O1. The van der Waals surface area contributed by atoms with Crippen molar-refractivity contribution in [1.29, 1.82) is 0 Å². The first-order chi connectivity index (χ1) is 9.65. The molecule has 7 heteroatoms. The van der Waals surface area contributed by atoms with Gasteiger partial charge in [0.25, 0.3) is 0 Å². The molecule has 1 saturated carbocycles. The van der Waals surface area contributed by atoms with Crippen LogP contribution in [0.4, 0.5) is 0 Å². The van der Waals surface area contributed by atoms with Crippen molar-refractivity contribution >= 4 is 18.1 Å². The van der Waals surface area contributed by atoms with Crippen molar-refractivity contribution < 1.29 is 9.53 Å². The van der Waals surface area contributed by atoms with Crippen molar-refractivity contribution in [2.45, 2.75) is 57.3 Å². The minimum atomic E-state index is -0.283. The number of ether oxygens (including phenoxy) is 1. The molecule has 3 rings (SSSR count). The summed E-state index contributed by atoms with van der Waals surface area (Å²) in [5, 5.41) is 10.0. The molecule has 2 atom stereocenters. The molecule has 1 aromatic heterocycles. The monoisotopic (exact) mass is 296 g/mol. The lowest BCUT2D eigenvalue weighted by Crippen LogP contribution is -2.36. The van der Waals surface area contributed by atoms with E-state index in [0.717, 1.165) is 18.7 Å². The lowest BCUT2D eigenvalue weighted by atomic mass is 10.2. The van der Waals surface area contributed by atoms with Crippen LogP contribution < -0.4 is 5.32 Å². The summed E-state index contributed by atoms with van der Waals surface area (Å²) < 4.78 is 8.31. The van der Waals surface area contributed by atoms with E-state index in [-0.39, 0.29) is 18.1 Å². The molecule has 1 aromatic rings. The third-order valence-electron chi connectivity index (χ3n) is 3.86. The Morgan fingerprint density at radius 1 is 1.50 bits per heavy atom. The van der Waals surface area contributed by atoms with Gasteiger partial charge in [-0.15, -0.1) is 0 Å². The predicted octanol–water partition coefficient (Wildman–Crippen LogP) is 1.50. The van der Waals surface area contributed by atoms with E-state index in [1.54, 1.807) is 0 Å². The summed E-state index contributed by atoms with van der Waals surface area (Å²) >= 11 is 5.23. The standard InChI is InChI=1S/C13H20N4O2S/c1-8-2-5-10(19-8)12(18)14-7-6-11-15-16-13(20)17(11)9-3-4-9/h8-10H,2-7H2,1H3,(H,14,18)(H,16,20)/t8-,10+/m0/s1. The Morgan fingerprint density at radius 3 is 2.95 bits per heavy atom. The second kappa shape index (κ2) is 5.65. The summed E-state index contributed by atoms with van der Waals surface area (Å²) in [4.78, 5) is 11.9. The van der Waals surface area contributed by atoms with E-state index >= 15 is 0 Å². The fourth-order valence-corrected chi connectivity index (χ4v) is 2.93. The van der Waals surface area contributed by atoms with E-state index in [2.05, 4.69) is 20.1 Å². The molecule has 2 fully saturated rings. The van der Waals surface area contributed by atoms with E-state index < -0.39 is 0 Å². The quantitative estimate of drug-likeness (QED) is 0.808. The Hall–Kier alpha value is -1.21. The Balaban J connectivity index is 1.50. The maximum absolute atomic E-state index is 11.9. The van der Waals surface area contributed by atoms with E-state index in [0.29, 0.717) is 23.8 Å². The average molecular weight is 296 g/mol. The molecule has 0 unspecified atom stereocenters.